The molecule has 0 aromatic heterocycles. The molecule has 2 aromatic carbocycles. The molecule has 1 amide bonds. The molecule has 0 spiro atoms. The van der Waals surface area contributed by atoms with Crippen molar-refractivity contribution in [2.75, 3.05) is 11.4 Å². The van der Waals surface area contributed by atoms with Gasteiger partial charge in [0, 0.05) is 24.7 Å². The zero-order valence-electron chi connectivity index (χ0n) is 12.4. The van der Waals surface area contributed by atoms with Gasteiger partial charge in [0.25, 0.3) is 21.6 Å². The first-order valence-corrected chi connectivity index (χ1v) is 7.99. The van der Waals surface area contributed by atoms with Crippen molar-refractivity contribution in [2.24, 2.45) is 0 Å². The van der Waals surface area contributed by atoms with Gasteiger partial charge in [0.15, 0.2) is 0 Å². The Kier molecular flexibility index (Phi) is 4.81. The second-order valence-electron chi connectivity index (χ2n) is 4.71. The van der Waals surface area contributed by atoms with Crippen LogP contribution < -0.4 is 9.79 Å². The van der Waals surface area contributed by atoms with Crippen molar-refractivity contribution in [3.05, 3.63) is 64.2 Å². The fourth-order valence-corrected chi connectivity index (χ4v) is 3.12. The molecule has 0 aliphatic heterocycles. The largest absolute Gasteiger partial charge is 0.288 e. The van der Waals surface area contributed by atoms with E-state index in [2.05, 4.69) is 0 Å². The Bertz CT molecular complexity index is 862. The van der Waals surface area contributed by atoms with Crippen LogP contribution in [-0.2, 0) is 10.0 Å². The number of non-ortho nitro benzene ring substituents is 1. The van der Waals surface area contributed by atoms with E-state index in [4.69, 9.17) is 5.21 Å². The number of nitro groups is 1. The molecule has 0 radical (unpaired) electrons. The summed E-state index contributed by atoms with van der Waals surface area (Å²) in [5.41, 5.74) is 1.70. The second kappa shape index (κ2) is 6.64. The zero-order chi connectivity index (χ0) is 17.9. The van der Waals surface area contributed by atoms with Crippen LogP contribution in [0.25, 0.3) is 0 Å². The van der Waals surface area contributed by atoms with E-state index in [1.165, 1.54) is 36.8 Å². The van der Waals surface area contributed by atoms with Crippen LogP contribution in [0.2, 0.25) is 0 Å². The molecule has 0 atom stereocenters. The van der Waals surface area contributed by atoms with Crippen LogP contribution in [0, 0.1) is 10.1 Å². The first-order valence-electron chi connectivity index (χ1n) is 6.55. The highest BCUT2D eigenvalue weighted by Crippen LogP contribution is 2.24. The van der Waals surface area contributed by atoms with Gasteiger partial charge in [-0.2, -0.15) is 0 Å². The molecule has 0 aliphatic rings. The highest BCUT2D eigenvalue weighted by Gasteiger charge is 2.22. The van der Waals surface area contributed by atoms with Crippen molar-refractivity contribution < 1.29 is 23.3 Å². The minimum absolute atomic E-state index is 0.104. The van der Waals surface area contributed by atoms with Crippen molar-refractivity contribution in [1.29, 1.82) is 0 Å². The quantitative estimate of drug-likeness (QED) is 0.477. The Morgan fingerprint density at radius 3 is 2.12 bits per heavy atom. The number of amides is 1. The minimum atomic E-state index is -3.91. The summed E-state index contributed by atoms with van der Waals surface area (Å²) in [4.78, 5) is 21.2. The number of rotatable bonds is 5. The van der Waals surface area contributed by atoms with E-state index in [9.17, 15) is 23.3 Å². The maximum Gasteiger partial charge on any atom is 0.274 e. The summed E-state index contributed by atoms with van der Waals surface area (Å²) in [6.45, 7) is 0. The molecule has 2 rings (SSSR count). The topological polar surface area (TPSA) is 130 Å². The van der Waals surface area contributed by atoms with Gasteiger partial charge in [0.05, 0.1) is 15.5 Å². The fraction of sp³-hybridized carbons (Fsp3) is 0.0714. The molecule has 0 fully saturated rings. The average molecular weight is 351 g/mol. The van der Waals surface area contributed by atoms with Gasteiger partial charge in [-0.1, -0.05) is 0 Å². The highest BCUT2D eigenvalue weighted by molar-refractivity contribution is 7.92. The Hall–Kier alpha value is -2.98. The third-order valence-corrected chi connectivity index (χ3v) is 5.10. The number of sulfonamides is 1. The maximum atomic E-state index is 12.5. The van der Waals surface area contributed by atoms with E-state index in [1.54, 1.807) is 0 Å². The third kappa shape index (κ3) is 3.34. The molecule has 0 bridgehead atoms. The van der Waals surface area contributed by atoms with E-state index in [1.807, 2.05) is 0 Å². The van der Waals surface area contributed by atoms with Gasteiger partial charge in [-0.3, -0.25) is 24.4 Å². The van der Waals surface area contributed by atoms with Crippen molar-refractivity contribution in [3.8, 4) is 0 Å². The van der Waals surface area contributed by atoms with Crippen LogP contribution in [-0.4, -0.2) is 31.5 Å². The number of hydrogen-bond donors (Lipinski definition) is 2. The number of nitro benzene ring substituents is 1. The molecule has 126 valence electrons. The first-order chi connectivity index (χ1) is 11.3. The number of nitrogens with zero attached hydrogens (tertiary/aromatic N) is 2. The standard InChI is InChI=1S/C14H13N3O6S/c1-16(11-4-2-10(3-5-11)14(18)15-19)24(22,23)13-8-6-12(7-9-13)17(20)21/h2-9,19H,1H3,(H,15,18). The molecule has 0 saturated carbocycles. The summed E-state index contributed by atoms with van der Waals surface area (Å²) in [5.74, 6) is -0.720. The van der Waals surface area contributed by atoms with Crippen LogP contribution >= 0.6 is 0 Å². The van der Waals surface area contributed by atoms with Crippen LogP contribution in [0.1, 0.15) is 10.4 Å². The van der Waals surface area contributed by atoms with E-state index >= 15 is 0 Å². The Labute approximate surface area is 137 Å². The lowest BCUT2D eigenvalue weighted by atomic mass is 10.2. The number of carbonyl (C=O) groups is 1. The molecular weight excluding hydrogens is 338 g/mol. The Balaban J connectivity index is 2.31. The van der Waals surface area contributed by atoms with Gasteiger partial charge < -0.3 is 0 Å². The van der Waals surface area contributed by atoms with Gasteiger partial charge in [-0.05, 0) is 36.4 Å². The second-order valence-corrected chi connectivity index (χ2v) is 6.68. The molecule has 2 aromatic rings. The summed E-state index contributed by atoms with van der Waals surface area (Å²) in [6, 6.07) is 10.0. The molecule has 0 unspecified atom stereocenters. The van der Waals surface area contributed by atoms with Gasteiger partial charge in [0.2, 0.25) is 0 Å². The van der Waals surface area contributed by atoms with Gasteiger partial charge in [-0.15, -0.1) is 0 Å². The smallest absolute Gasteiger partial charge is 0.274 e. The first kappa shape index (κ1) is 17.4. The normalized spacial score (nSPS) is 10.9. The molecule has 0 aliphatic carbocycles. The number of hydroxylamine groups is 1. The summed E-state index contributed by atoms with van der Waals surface area (Å²) in [5, 5.41) is 19.2. The van der Waals surface area contributed by atoms with E-state index < -0.39 is 20.9 Å². The van der Waals surface area contributed by atoms with Gasteiger partial charge in [0.1, 0.15) is 0 Å². The van der Waals surface area contributed by atoms with Crippen LogP contribution in [0.15, 0.2) is 53.4 Å². The SMILES string of the molecule is CN(c1ccc(C(=O)NO)cc1)S(=O)(=O)c1ccc([N+](=O)[O-])cc1. The number of nitrogens with one attached hydrogen (secondary N) is 1. The lowest BCUT2D eigenvalue weighted by molar-refractivity contribution is -0.384. The summed E-state index contributed by atoms with van der Waals surface area (Å²) in [7, 11) is -2.60. The number of hydrogen-bond acceptors (Lipinski definition) is 6. The third-order valence-electron chi connectivity index (χ3n) is 3.30. The van der Waals surface area contributed by atoms with Crippen LogP contribution in [0.4, 0.5) is 11.4 Å². The zero-order valence-corrected chi connectivity index (χ0v) is 13.2. The molecule has 0 saturated heterocycles. The molecule has 24 heavy (non-hydrogen) atoms. The molecule has 9 nitrogen and oxygen atoms in total. The van der Waals surface area contributed by atoms with Crippen molar-refractivity contribution in [3.63, 3.8) is 0 Å². The summed E-state index contributed by atoms with van der Waals surface area (Å²) >= 11 is 0. The maximum absolute atomic E-state index is 12.5. The molecule has 2 N–H and O–H groups in total. The highest BCUT2D eigenvalue weighted by atomic mass is 32.2. The molecule has 0 heterocycles. The Morgan fingerprint density at radius 2 is 1.67 bits per heavy atom. The fourth-order valence-electron chi connectivity index (χ4n) is 1.92. The van der Waals surface area contributed by atoms with Crippen molar-refractivity contribution in [2.45, 2.75) is 4.90 Å². The van der Waals surface area contributed by atoms with E-state index in [-0.39, 0.29) is 21.8 Å². The lowest BCUT2D eigenvalue weighted by Crippen LogP contribution is -2.26. The summed E-state index contributed by atoms with van der Waals surface area (Å²) < 4.78 is 26.0. The number of benzene rings is 2. The van der Waals surface area contributed by atoms with Crippen LogP contribution in [0.3, 0.4) is 0 Å². The molecular formula is C14H13N3O6S. The monoisotopic (exact) mass is 351 g/mol. The number of anilines is 1. The van der Waals surface area contributed by atoms with Gasteiger partial charge >= 0.3 is 0 Å². The summed E-state index contributed by atoms with van der Waals surface area (Å²) in [6.07, 6.45) is 0. The number of carbonyl (C=O) groups excluding carboxylic acids is 1. The molecule has 10 heteroatoms. The lowest BCUT2D eigenvalue weighted by Gasteiger charge is -2.19. The van der Waals surface area contributed by atoms with Crippen molar-refractivity contribution in [1.82, 2.24) is 5.48 Å². The Morgan fingerprint density at radius 1 is 1.12 bits per heavy atom. The predicted molar refractivity (Wildman–Crippen MR) is 84.4 cm³/mol. The van der Waals surface area contributed by atoms with E-state index in [0.29, 0.717) is 0 Å². The van der Waals surface area contributed by atoms with Crippen molar-refractivity contribution >= 4 is 27.3 Å². The van der Waals surface area contributed by atoms with E-state index in [0.717, 1.165) is 28.6 Å². The van der Waals surface area contributed by atoms with Crippen LogP contribution in [0.5, 0.6) is 0 Å². The average Bonchev–Trinajstić information content (AvgIpc) is 2.60. The van der Waals surface area contributed by atoms with Gasteiger partial charge in [-0.25, -0.2) is 13.9 Å². The predicted octanol–water partition coefficient (Wildman–Crippen LogP) is 1.54. The minimum Gasteiger partial charge on any atom is -0.288 e.